The zero-order valence-electron chi connectivity index (χ0n) is 23.6. The highest BCUT2D eigenvalue weighted by atomic mass is 16.4. The van der Waals surface area contributed by atoms with Gasteiger partial charge in [-0.1, -0.05) is 27.7 Å². The lowest BCUT2D eigenvalue weighted by Crippen LogP contribution is -2.58. The van der Waals surface area contributed by atoms with E-state index < -0.39 is 97.3 Å². The van der Waals surface area contributed by atoms with E-state index in [4.69, 9.17) is 21.7 Å². The summed E-state index contributed by atoms with van der Waals surface area (Å²) in [6.07, 6.45) is -0.122. The average molecular weight is 590 g/mol. The number of carboxylic acids is 1. The Bertz CT molecular complexity index is 944. The summed E-state index contributed by atoms with van der Waals surface area (Å²) in [5.74, 6) is -6.84. The van der Waals surface area contributed by atoms with Crippen LogP contribution in [0.25, 0.3) is 0 Å². The number of primary amides is 1. The first-order chi connectivity index (χ1) is 19.0. The van der Waals surface area contributed by atoms with Crippen molar-refractivity contribution in [1.82, 2.24) is 26.6 Å². The van der Waals surface area contributed by atoms with Gasteiger partial charge >= 0.3 is 5.97 Å². The second-order valence-corrected chi connectivity index (χ2v) is 10.1. The maximum absolute atomic E-state index is 12.8. The van der Waals surface area contributed by atoms with Crippen LogP contribution in [0.2, 0.25) is 0 Å². The molecule has 41 heavy (non-hydrogen) atoms. The summed E-state index contributed by atoms with van der Waals surface area (Å²) in [5.41, 5.74) is 10.7. The van der Waals surface area contributed by atoms with Crippen molar-refractivity contribution in [2.75, 3.05) is 19.8 Å². The average Bonchev–Trinajstić information content (AvgIpc) is 2.88. The van der Waals surface area contributed by atoms with Crippen LogP contribution in [0.3, 0.4) is 0 Å². The van der Waals surface area contributed by atoms with Gasteiger partial charge in [-0.3, -0.25) is 28.8 Å². The van der Waals surface area contributed by atoms with Gasteiger partial charge in [-0.25, -0.2) is 4.79 Å². The molecule has 0 aliphatic carbocycles. The highest BCUT2D eigenvalue weighted by molar-refractivity contribution is 5.95. The highest BCUT2D eigenvalue weighted by Gasteiger charge is 2.30. The van der Waals surface area contributed by atoms with E-state index in [9.17, 15) is 38.7 Å². The third-order valence-electron chi connectivity index (χ3n) is 5.68. The molecule has 0 aliphatic rings. The molecule has 0 saturated heterocycles. The van der Waals surface area contributed by atoms with Crippen LogP contribution in [-0.4, -0.2) is 107 Å². The van der Waals surface area contributed by atoms with Crippen LogP contribution in [0.1, 0.15) is 47.0 Å². The SMILES string of the molecule is CC(C)C[C@H](NC(=O)[C@H](CO)NC(=O)[C@@H](N)CCC(N)=O)C(=O)NCC(=O)N[C@H](C(=O)N[C@@H](CO)C(=O)O)C(C)C. The predicted octanol–water partition coefficient (Wildman–Crippen LogP) is -4.59. The van der Waals surface area contributed by atoms with Crippen LogP contribution in [0.5, 0.6) is 0 Å². The van der Waals surface area contributed by atoms with Gasteiger partial charge in [0.1, 0.15) is 24.2 Å². The number of nitrogens with two attached hydrogens (primary N) is 2. The molecule has 5 atom stereocenters. The van der Waals surface area contributed by atoms with Crippen LogP contribution >= 0.6 is 0 Å². The van der Waals surface area contributed by atoms with Crippen molar-refractivity contribution in [3.8, 4) is 0 Å². The first kappa shape index (κ1) is 37.2. The number of aliphatic carboxylic acids is 1. The molecule has 0 aromatic heterocycles. The van der Waals surface area contributed by atoms with Crippen LogP contribution < -0.4 is 38.1 Å². The van der Waals surface area contributed by atoms with Crippen molar-refractivity contribution in [2.45, 2.75) is 77.2 Å². The van der Waals surface area contributed by atoms with Gasteiger partial charge in [-0.05, 0) is 24.7 Å². The zero-order chi connectivity index (χ0) is 31.9. The number of aliphatic hydroxyl groups excluding tert-OH is 2. The van der Waals surface area contributed by atoms with E-state index in [1.54, 1.807) is 27.7 Å². The van der Waals surface area contributed by atoms with Gasteiger partial charge in [0.15, 0.2) is 0 Å². The minimum Gasteiger partial charge on any atom is -0.480 e. The summed E-state index contributed by atoms with van der Waals surface area (Å²) in [7, 11) is 0. The monoisotopic (exact) mass is 589 g/mol. The van der Waals surface area contributed by atoms with Crippen molar-refractivity contribution in [2.24, 2.45) is 23.3 Å². The second kappa shape index (κ2) is 18.5. The van der Waals surface area contributed by atoms with Crippen molar-refractivity contribution in [1.29, 1.82) is 0 Å². The fraction of sp³-hybridized carbons (Fsp3) is 0.708. The Morgan fingerprint density at radius 3 is 1.73 bits per heavy atom. The summed E-state index contributed by atoms with van der Waals surface area (Å²) < 4.78 is 0. The number of nitrogens with one attached hydrogen (secondary N) is 5. The van der Waals surface area contributed by atoms with E-state index in [1.165, 1.54) is 0 Å². The number of carboxylic acid groups (broad SMARTS) is 1. The number of aliphatic hydroxyl groups is 2. The number of amides is 6. The third kappa shape index (κ3) is 14.4. The Labute approximate surface area is 237 Å². The van der Waals surface area contributed by atoms with Gasteiger partial charge in [-0.15, -0.1) is 0 Å². The Morgan fingerprint density at radius 2 is 1.27 bits per heavy atom. The molecule has 0 rings (SSSR count). The Kier molecular flexibility index (Phi) is 16.8. The largest absolute Gasteiger partial charge is 0.480 e. The van der Waals surface area contributed by atoms with Crippen molar-refractivity contribution >= 4 is 41.4 Å². The van der Waals surface area contributed by atoms with E-state index >= 15 is 0 Å². The molecule has 0 unspecified atom stereocenters. The number of hydrogen-bond acceptors (Lipinski definition) is 10. The molecule has 6 amide bonds. The normalized spacial score (nSPS) is 14.7. The molecule has 12 N–H and O–H groups in total. The molecular formula is C24H43N7O10. The van der Waals surface area contributed by atoms with Crippen LogP contribution in [0.4, 0.5) is 0 Å². The van der Waals surface area contributed by atoms with Gasteiger partial charge in [0.05, 0.1) is 25.8 Å². The summed E-state index contributed by atoms with van der Waals surface area (Å²) in [6.45, 7) is 4.44. The van der Waals surface area contributed by atoms with Gasteiger partial charge in [0.2, 0.25) is 35.4 Å². The predicted molar refractivity (Wildman–Crippen MR) is 143 cm³/mol. The van der Waals surface area contributed by atoms with Gasteiger partial charge < -0.3 is 53.4 Å². The summed E-state index contributed by atoms with van der Waals surface area (Å²) in [5, 5.41) is 39.2. The maximum atomic E-state index is 12.8. The summed E-state index contributed by atoms with van der Waals surface area (Å²) >= 11 is 0. The molecule has 17 nitrogen and oxygen atoms in total. The first-order valence-corrected chi connectivity index (χ1v) is 13.0. The third-order valence-corrected chi connectivity index (χ3v) is 5.68. The Morgan fingerprint density at radius 1 is 0.732 bits per heavy atom. The van der Waals surface area contributed by atoms with Crippen LogP contribution in [0.15, 0.2) is 0 Å². The molecule has 0 radical (unpaired) electrons. The fourth-order valence-electron chi connectivity index (χ4n) is 3.37. The molecule has 17 heteroatoms. The molecular weight excluding hydrogens is 546 g/mol. The van der Waals surface area contributed by atoms with E-state index in [1.807, 2.05) is 0 Å². The van der Waals surface area contributed by atoms with E-state index in [-0.39, 0.29) is 25.2 Å². The number of rotatable bonds is 19. The molecule has 0 fully saturated rings. The number of carbonyl (C=O) groups is 7. The summed E-state index contributed by atoms with van der Waals surface area (Å²) in [4.78, 5) is 84.7. The lowest BCUT2D eigenvalue weighted by Gasteiger charge is -2.25. The van der Waals surface area contributed by atoms with Crippen LogP contribution in [-0.2, 0) is 33.6 Å². The molecule has 0 heterocycles. The minimum atomic E-state index is -1.57. The molecule has 234 valence electrons. The van der Waals surface area contributed by atoms with E-state index in [0.717, 1.165) is 0 Å². The minimum absolute atomic E-state index is 0.0811. The topological polar surface area (TPSA) is 292 Å². The van der Waals surface area contributed by atoms with Gasteiger partial charge in [0, 0.05) is 6.42 Å². The zero-order valence-corrected chi connectivity index (χ0v) is 23.6. The molecule has 0 bridgehead atoms. The van der Waals surface area contributed by atoms with E-state index in [2.05, 4.69) is 26.6 Å². The van der Waals surface area contributed by atoms with Crippen molar-refractivity contribution in [3.63, 3.8) is 0 Å². The molecule has 0 spiro atoms. The number of carbonyl (C=O) groups excluding carboxylic acids is 6. The van der Waals surface area contributed by atoms with E-state index in [0.29, 0.717) is 0 Å². The lowest BCUT2D eigenvalue weighted by atomic mass is 10.0. The molecule has 0 aromatic rings. The quantitative estimate of drug-likeness (QED) is 0.0683. The van der Waals surface area contributed by atoms with Gasteiger partial charge in [0.25, 0.3) is 0 Å². The van der Waals surface area contributed by atoms with Crippen molar-refractivity contribution in [3.05, 3.63) is 0 Å². The van der Waals surface area contributed by atoms with Crippen molar-refractivity contribution < 1.29 is 48.9 Å². The smallest absolute Gasteiger partial charge is 0.328 e. The van der Waals surface area contributed by atoms with Crippen LogP contribution in [0, 0.1) is 11.8 Å². The maximum Gasteiger partial charge on any atom is 0.328 e. The highest BCUT2D eigenvalue weighted by Crippen LogP contribution is 2.06. The first-order valence-electron chi connectivity index (χ1n) is 13.0. The second-order valence-electron chi connectivity index (χ2n) is 10.1. The molecule has 0 saturated carbocycles. The fourth-order valence-corrected chi connectivity index (χ4v) is 3.37. The molecule has 0 aliphatic heterocycles. The number of hydrogen-bond donors (Lipinski definition) is 10. The Balaban J connectivity index is 5.26. The lowest BCUT2D eigenvalue weighted by molar-refractivity contribution is -0.143. The molecule has 0 aromatic carbocycles. The van der Waals surface area contributed by atoms with Gasteiger partial charge in [-0.2, -0.15) is 0 Å². The standard InChI is InChI=1S/C24H43N7O10/c1-11(2)7-14(28-22(38)15(9-32)29-20(36)13(25)5-6-17(26)34)21(37)27-8-18(35)31-19(12(3)4)23(39)30-16(10-33)24(40)41/h11-16,19,32-33H,5-10,25H2,1-4H3,(H2,26,34)(H,27,37)(H,28,38)(H,29,36)(H,30,39)(H,31,35)(H,40,41)/t13-,14-,15-,16-,19-/m0/s1. The summed E-state index contributed by atoms with van der Waals surface area (Å²) in [6, 6.07) is -6.56. The Hall–Kier alpha value is -3.83.